The lowest BCUT2D eigenvalue weighted by Crippen LogP contribution is -2.60. The molecule has 5 N–H and O–H groups in total. The summed E-state index contributed by atoms with van der Waals surface area (Å²) < 4.78 is 28.1. The first-order valence-electron chi connectivity index (χ1n) is 11.4. The van der Waals surface area contributed by atoms with Crippen LogP contribution < -0.4 is 9.47 Å². The number of aliphatic hydroxyl groups excluding tert-OH is 5. The molecule has 0 bridgehead atoms. The Balaban J connectivity index is 1.85. The van der Waals surface area contributed by atoms with Gasteiger partial charge in [-0.2, -0.15) is 0 Å². The topological polar surface area (TPSA) is 168 Å². The average Bonchev–Trinajstić information content (AvgIpc) is 3.28. The third-order valence-electron chi connectivity index (χ3n) is 6.32. The van der Waals surface area contributed by atoms with Gasteiger partial charge in [-0.15, -0.1) is 0 Å². The Hall–Kier alpha value is -2.67. The minimum atomic E-state index is -1.65. The maximum absolute atomic E-state index is 12.5. The summed E-state index contributed by atoms with van der Waals surface area (Å²) in [6.45, 7) is 1.21. The maximum Gasteiger partial charge on any atom is 0.313 e. The molecule has 2 aromatic rings. The van der Waals surface area contributed by atoms with Crippen molar-refractivity contribution in [2.45, 2.75) is 50.5 Å². The van der Waals surface area contributed by atoms with Gasteiger partial charge < -0.3 is 48.9 Å². The second-order valence-electron chi connectivity index (χ2n) is 8.43. The van der Waals surface area contributed by atoms with E-state index in [-0.39, 0.29) is 31.1 Å². The highest BCUT2D eigenvalue weighted by Crippen LogP contribution is 2.48. The van der Waals surface area contributed by atoms with Gasteiger partial charge in [0.05, 0.1) is 32.5 Å². The lowest BCUT2D eigenvalue weighted by Gasteiger charge is -2.40. The summed E-state index contributed by atoms with van der Waals surface area (Å²) in [6.07, 6.45) is -2.00. The van der Waals surface area contributed by atoms with Gasteiger partial charge in [0.25, 0.3) is 0 Å². The van der Waals surface area contributed by atoms with Gasteiger partial charge in [0.2, 0.25) is 12.0 Å². The SMILES string of the molecule is CCOC(=O)[C@@H]1C=Cc2c(c(O[C@@H]3O[C@H](CO)[C@@H](O)[C@H](O)[C@H]3O)c(OC)c3occ(CCO)c23)C1. The Morgan fingerprint density at radius 1 is 1.14 bits per heavy atom. The molecule has 2 heterocycles. The number of hydrogen-bond donors (Lipinski definition) is 5. The summed E-state index contributed by atoms with van der Waals surface area (Å²) in [7, 11) is 1.40. The van der Waals surface area contributed by atoms with Gasteiger partial charge in [-0.3, -0.25) is 4.79 Å². The molecule has 1 aromatic heterocycles. The fourth-order valence-electron chi connectivity index (χ4n) is 4.56. The van der Waals surface area contributed by atoms with Crippen molar-refractivity contribution in [3.63, 3.8) is 0 Å². The molecule has 6 atom stereocenters. The van der Waals surface area contributed by atoms with Crippen molar-refractivity contribution < 1.29 is 53.7 Å². The predicted molar refractivity (Wildman–Crippen MR) is 121 cm³/mol. The Bertz CT molecular complexity index is 1090. The summed E-state index contributed by atoms with van der Waals surface area (Å²) in [6, 6.07) is 0. The summed E-state index contributed by atoms with van der Waals surface area (Å²) >= 11 is 0. The number of carbonyl (C=O) groups excluding carboxylic acids is 1. The second-order valence-corrected chi connectivity index (χ2v) is 8.43. The van der Waals surface area contributed by atoms with Gasteiger partial charge >= 0.3 is 5.97 Å². The molecular formula is C24H30O11. The average molecular weight is 494 g/mol. The molecule has 1 aliphatic heterocycles. The zero-order chi connectivity index (χ0) is 25.3. The van der Waals surface area contributed by atoms with Crippen LogP contribution in [0.4, 0.5) is 0 Å². The fourth-order valence-corrected chi connectivity index (χ4v) is 4.56. The van der Waals surface area contributed by atoms with Crippen LogP contribution in [0, 0.1) is 5.92 Å². The highest BCUT2D eigenvalue weighted by molar-refractivity contribution is 5.99. The van der Waals surface area contributed by atoms with Crippen LogP contribution in [0.15, 0.2) is 16.8 Å². The molecule has 192 valence electrons. The quantitative estimate of drug-likeness (QED) is 0.311. The summed E-state index contributed by atoms with van der Waals surface area (Å²) in [5.41, 5.74) is 2.29. The molecule has 11 heteroatoms. The van der Waals surface area contributed by atoms with Crippen molar-refractivity contribution in [3.05, 3.63) is 29.0 Å². The fraction of sp³-hybridized carbons (Fsp3) is 0.542. The Morgan fingerprint density at radius 3 is 2.57 bits per heavy atom. The van der Waals surface area contributed by atoms with Crippen LogP contribution in [0.1, 0.15) is 23.6 Å². The minimum absolute atomic E-state index is 0.107. The lowest BCUT2D eigenvalue weighted by molar-refractivity contribution is -0.277. The van der Waals surface area contributed by atoms with Crippen molar-refractivity contribution in [1.82, 2.24) is 0 Å². The number of methoxy groups -OCH3 is 1. The van der Waals surface area contributed by atoms with Gasteiger partial charge in [0, 0.05) is 23.1 Å². The van der Waals surface area contributed by atoms with E-state index in [4.69, 9.17) is 23.4 Å². The first-order chi connectivity index (χ1) is 16.9. The van der Waals surface area contributed by atoms with Crippen molar-refractivity contribution in [1.29, 1.82) is 0 Å². The van der Waals surface area contributed by atoms with Gasteiger partial charge in [0.1, 0.15) is 24.4 Å². The molecule has 1 saturated heterocycles. The molecule has 1 fully saturated rings. The number of ether oxygens (including phenoxy) is 4. The summed E-state index contributed by atoms with van der Waals surface area (Å²) in [4.78, 5) is 12.5. The van der Waals surface area contributed by atoms with Crippen LogP contribution in [-0.4, -0.2) is 89.1 Å². The first-order valence-corrected chi connectivity index (χ1v) is 11.4. The van der Waals surface area contributed by atoms with Crippen molar-refractivity contribution in [3.8, 4) is 11.5 Å². The van der Waals surface area contributed by atoms with Gasteiger partial charge in [0.15, 0.2) is 11.3 Å². The van der Waals surface area contributed by atoms with E-state index in [1.807, 2.05) is 0 Å². The van der Waals surface area contributed by atoms with E-state index in [2.05, 4.69) is 0 Å². The van der Waals surface area contributed by atoms with Crippen LogP contribution >= 0.6 is 0 Å². The van der Waals surface area contributed by atoms with Gasteiger partial charge in [-0.25, -0.2) is 0 Å². The van der Waals surface area contributed by atoms with Gasteiger partial charge in [-0.1, -0.05) is 12.2 Å². The van der Waals surface area contributed by atoms with E-state index in [1.54, 1.807) is 19.1 Å². The first kappa shape index (κ1) is 25.4. The number of esters is 1. The molecule has 1 aliphatic carbocycles. The molecule has 0 radical (unpaired) electrons. The van der Waals surface area contributed by atoms with Crippen molar-refractivity contribution >= 4 is 23.0 Å². The molecule has 11 nitrogen and oxygen atoms in total. The molecule has 0 unspecified atom stereocenters. The Morgan fingerprint density at radius 2 is 1.91 bits per heavy atom. The number of aliphatic hydroxyl groups is 5. The van der Waals surface area contributed by atoms with Crippen LogP contribution in [-0.2, 0) is 27.1 Å². The molecule has 1 aromatic carbocycles. The lowest BCUT2D eigenvalue weighted by atomic mass is 9.85. The number of rotatable bonds is 8. The Kier molecular flexibility index (Phi) is 7.64. The minimum Gasteiger partial charge on any atom is -0.490 e. The number of benzene rings is 1. The monoisotopic (exact) mass is 494 g/mol. The molecular weight excluding hydrogens is 464 g/mol. The summed E-state index contributed by atoms with van der Waals surface area (Å²) in [5, 5.41) is 50.6. The van der Waals surface area contributed by atoms with E-state index in [0.29, 0.717) is 28.5 Å². The zero-order valence-electron chi connectivity index (χ0n) is 19.4. The van der Waals surface area contributed by atoms with E-state index < -0.39 is 49.2 Å². The molecule has 0 saturated carbocycles. The predicted octanol–water partition coefficient (Wildman–Crippen LogP) is -0.0965. The highest BCUT2D eigenvalue weighted by Gasteiger charge is 2.45. The van der Waals surface area contributed by atoms with E-state index in [9.17, 15) is 30.3 Å². The van der Waals surface area contributed by atoms with Gasteiger partial charge in [-0.05, 0) is 25.3 Å². The van der Waals surface area contributed by atoms with Crippen LogP contribution in [0.25, 0.3) is 17.0 Å². The largest absolute Gasteiger partial charge is 0.490 e. The third-order valence-corrected chi connectivity index (χ3v) is 6.32. The van der Waals surface area contributed by atoms with Crippen LogP contribution in [0.5, 0.6) is 11.5 Å². The normalized spacial score (nSPS) is 28.1. The van der Waals surface area contributed by atoms with Crippen molar-refractivity contribution in [2.24, 2.45) is 5.92 Å². The van der Waals surface area contributed by atoms with E-state index >= 15 is 0 Å². The zero-order valence-corrected chi connectivity index (χ0v) is 19.4. The van der Waals surface area contributed by atoms with E-state index in [0.717, 1.165) is 5.56 Å². The highest BCUT2D eigenvalue weighted by atomic mass is 16.7. The number of carbonyl (C=O) groups is 1. The molecule has 0 amide bonds. The van der Waals surface area contributed by atoms with Crippen molar-refractivity contribution in [2.75, 3.05) is 26.9 Å². The van der Waals surface area contributed by atoms with Crippen LogP contribution in [0.3, 0.4) is 0 Å². The number of hydrogen-bond acceptors (Lipinski definition) is 11. The Labute approximate surface area is 201 Å². The van der Waals surface area contributed by atoms with Crippen LogP contribution in [0.2, 0.25) is 0 Å². The molecule has 0 spiro atoms. The maximum atomic E-state index is 12.5. The number of furan rings is 1. The van der Waals surface area contributed by atoms with E-state index in [1.165, 1.54) is 13.4 Å². The number of fused-ring (bicyclic) bond motifs is 3. The smallest absolute Gasteiger partial charge is 0.313 e. The second kappa shape index (κ2) is 10.5. The summed E-state index contributed by atoms with van der Waals surface area (Å²) in [5.74, 6) is -0.759. The molecule has 35 heavy (non-hydrogen) atoms. The third kappa shape index (κ3) is 4.51. The molecule has 4 rings (SSSR count). The standard InChI is InChI=1S/C24H30O11/c1-3-32-23(30)11-4-5-13-14(8-11)20(22(31-2)21-16(13)12(6-7-25)10-33-21)35-24-19(29)18(28)17(27)15(9-26)34-24/h4-5,10-11,15,17-19,24-29H,3,6-9H2,1-2H3/t11-,15-,17-,18+,19-,24+/m1/s1. The molecule has 2 aliphatic rings.